The monoisotopic (exact) mass is 305 g/mol. The molecular formula is C11H15NO5S2. The molecule has 0 unspecified atom stereocenters. The first kappa shape index (κ1) is 14.4. The number of carboxylic acids is 1. The minimum absolute atomic E-state index is 0.140. The molecule has 0 saturated heterocycles. The molecule has 0 bridgehead atoms. The molecule has 0 atom stereocenters. The lowest BCUT2D eigenvalue weighted by Gasteiger charge is -2.33. The Bertz CT molecular complexity index is 574. The van der Waals surface area contributed by atoms with Gasteiger partial charge in [-0.2, -0.15) is 0 Å². The van der Waals surface area contributed by atoms with E-state index in [2.05, 4.69) is 0 Å². The lowest BCUT2D eigenvalue weighted by molar-refractivity contribution is 0.0367. The maximum atomic E-state index is 12.3. The zero-order chi connectivity index (χ0) is 14.2. The summed E-state index contributed by atoms with van der Waals surface area (Å²) in [7, 11) is -2.34. The third kappa shape index (κ3) is 2.81. The molecule has 0 aromatic carbocycles. The summed E-state index contributed by atoms with van der Waals surface area (Å²) < 4.78 is 25.7. The van der Waals surface area contributed by atoms with E-state index in [0.29, 0.717) is 19.4 Å². The van der Waals surface area contributed by atoms with Gasteiger partial charge < -0.3 is 10.2 Å². The fourth-order valence-corrected chi connectivity index (χ4v) is 4.61. The average Bonchev–Trinajstić information content (AvgIpc) is 2.76. The molecule has 1 fully saturated rings. The number of aliphatic hydroxyl groups excluding tert-OH is 1. The summed E-state index contributed by atoms with van der Waals surface area (Å²) in [6.07, 6.45) is 0.849. The molecule has 0 radical (unpaired) electrons. The van der Waals surface area contributed by atoms with Gasteiger partial charge in [0.15, 0.2) is 0 Å². The second kappa shape index (κ2) is 5.20. The van der Waals surface area contributed by atoms with Crippen LogP contribution in [0.15, 0.2) is 16.3 Å². The van der Waals surface area contributed by atoms with Gasteiger partial charge in [0, 0.05) is 13.6 Å². The van der Waals surface area contributed by atoms with E-state index in [-0.39, 0.29) is 21.8 Å². The smallest absolute Gasteiger partial charge is 0.347 e. The maximum absolute atomic E-state index is 12.3. The van der Waals surface area contributed by atoms with Gasteiger partial charge in [0.2, 0.25) is 10.0 Å². The number of carboxylic acid groups (broad SMARTS) is 1. The number of hydrogen-bond acceptors (Lipinski definition) is 5. The molecule has 1 aliphatic carbocycles. The molecule has 106 valence electrons. The Morgan fingerprint density at radius 1 is 1.53 bits per heavy atom. The minimum atomic E-state index is -3.78. The van der Waals surface area contributed by atoms with Crippen LogP contribution < -0.4 is 0 Å². The first-order valence-electron chi connectivity index (χ1n) is 5.77. The molecule has 1 saturated carbocycles. The molecule has 0 amide bonds. The van der Waals surface area contributed by atoms with Gasteiger partial charge in [-0.05, 0) is 30.2 Å². The van der Waals surface area contributed by atoms with Crippen molar-refractivity contribution in [2.75, 3.05) is 13.6 Å². The van der Waals surface area contributed by atoms with E-state index in [9.17, 15) is 18.3 Å². The predicted molar refractivity (Wildman–Crippen MR) is 69.8 cm³/mol. The van der Waals surface area contributed by atoms with E-state index in [1.807, 2.05) is 0 Å². The summed E-state index contributed by atoms with van der Waals surface area (Å²) in [5, 5.41) is 19.6. The van der Waals surface area contributed by atoms with Gasteiger partial charge in [0.05, 0.1) is 6.10 Å². The van der Waals surface area contributed by atoms with Gasteiger partial charge in [-0.25, -0.2) is 17.5 Å². The van der Waals surface area contributed by atoms with Gasteiger partial charge in [0.1, 0.15) is 9.77 Å². The number of nitrogens with zero attached hydrogens (tertiary/aromatic N) is 1. The Balaban J connectivity index is 2.17. The van der Waals surface area contributed by atoms with Crippen LogP contribution in [0.2, 0.25) is 0 Å². The lowest BCUT2D eigenvalue weighted by atomic mass is 9.82. The fourth-order valence-electron chi connectivity index (χ4n) is 2.14. The van der Waals surface area contributed by atoms with Crippen LogP contribution in [0.25, 0.3) is 0 Å². The highest BCUT2D eigenvalue weighted by Gasteiger charge is 2.33. The molecular weight excluding hydrogens is 290 g/mol. The molecule has 6 nitrogen and oxygen atoms in total. The number of hydrogen-bond donors (Lipinski definition) is 2. The Kier molecular flexibility index (Phi) is 3.95. The Morgan fingerprint density at radius 3 is 2.68 bits per heavy atom. The van der Waals surface area contributed by atoms with Crippen LogP contribution in [0.1, 0.15) is 22.5 Å². The number of carbonyl (C=O) groups is 1. The van der Waals surface area contributed by atoms with Crippen LogP contribution in [0.3, 0.4) is 0 Å². The van der Waals surface area contributed by atoms with Gasteiger partial charge in [-0.1, -0.05) is 0 Å². The number of aliphatic hydroxyl groups is 1. The zero-order valence-corrected chi connectivity index (χ0v) is 11.9. The van der Waals surface area contributed by atoms with Crippen molar-refractivity contribution < 1.29 is 23.4 Å². The van der Waals surface area contributed by atoms with Crippen LogP contribution in [-0.2, 0) is 10.0 Å². The average molecular weight is 305 g/mol. The number of sulfonamides is 1. The van der Waals surface area contributed by atoms with Crippen LogP contribution in [0.5, 0.6) is 0 Å². The Morgan fingerprint density at radius 2 is 2.16 bits per heavy atom. The first-order valence-corrected chi connectivity index (χ1v) is 8.09. The topological polar surface area (TPSA) is 94.9 Å². The number of thiophene rings is 1. The van der Waals surface area contributed by atoms with Gasteiger partial charge in [-0.3, -0.25) is 0 Å². The molecule has 0 aliphatic heterocycles. The Labute approximate surface area is 115 Å². The van der Waals surface area contributed by atoms with E-state index < -0.39 is 16.0 Å². The van der Waals surface area contributed by atoms with Gasteiger partial charge in [-0.15, -0.1) is 11.3 Å². The van der Waals surface area contributed by atoms with Crippen molar-refractivity contribution in [1.82, 2.24) is 4.31 Å². The van der Waals surface area contributed by atoms with Crippen LogP contribution >= 0.6 is 11.3 Å². The van der Waals surface area contributed by atoms with E-state index in [1.165, 1.54) is 18.5 Å². The second-order valence-corrected chi connectivity index (χ2v) is 7.63. The molecule has 1 aliphatic rings. The highest BCUT2D eigenvalue weighted by atomic mass is 32.2. The van der Waals surface area contributed by atoms with E-state index in [1.54, 1.807) is 0 Å². The fraction of sp³-hybridized carbons (Fsp3) is 0.545. The van der Waals surface area contributed by atoms with Crippen molar-refractivity contribution >= 4 is 27.3 Å². The summed E-state index contributed by atoms with van der Waals surface area (Å²) in [5.74, 6) is -1.09. The normalized spacial score (nSPS) is 23.3. The third-order valence-electron chi connectivity index (χ3n) is 3.24. The van der Waals surface area contributed by atoms with Crippen molar-refractivity contribution in [2.24, 2.45) is 5.92 Å². The standard InChI is InChI=1S/C11H15NO5S2/c1-12(6-7-4-8(13)5-7)19(16,17)9-2-3-18-10(9)11(14)15/h2-3,7-8,13H,4-6H2,1H3,(H,14,15). The van der Waals surface area contributed by atoms with Crippen molar-refractivity contribution in [3.05, 3.63) is 16.3 Å². The van der Waals surface area contributed by atoms with E-state index in [4.69, 9.17) is 5.11 Å². The highest BCUT2D eigenvalue weighted by molar-refractivity contribution is 7.89. The van der Waals surface area contributed by atoms with Crippen LogP contribution in [0.4, 0.5) is 0 Å². The maximum Gasteiger partial charge on any atom is 0.347 e. The van der Waals surface area contributed by atoms with Gasteiger partial charge >= 0.3 is 5.97 Å². The van der Waals surface area contributed by atoms with Gasteiger partial charge in [0.25, 0.3) is 0 Å². The van der Waals surface area contributed by atoms with Crippen LogP contribution in [0, 0.1) is 5.92 Å². The molecule has 1 aromatic rings. The largest absolute Gasteiger partial charge is 0.477 e. The second-order valence-electron chi connectivity index (χ2n) is 4.70. The van der Waals surface area contributed by atoms with Crippen molar-refractivity contribution in [3.8, 4) is 0 Å². The van der Waals surface area contributed by atoms with Crippen molar-refractivity contribution in [3.63, 3.8) is 0 Å². The van der Waals surface area contributed by atoms with Crippen LogP contribution in [-0.4, -0.2) is 48.6 Å². The predicted octanol–water partition coefficient (Wildman–Crippen LogP) is 0.838. The Hall–Kier alpha value is -0.960. The third-order valence-corrected chi connectivity index (χ3v) is 6.14. The quantitative estimate of drug-likeness (QED) is 0.840. The summed E-state index contributed by atoms with van der Waals surface area (Å²) in [5.41, 5.74) is 0. The number of aromatic carboxylic acids is 1. The summed E-state index contributed by atoms with van der Waals surface area (Å²) in [6, 6.07) is 1.32. The lowest BCUT2D eigenvalue weighted by Crippen LogP contribution is -2.39. The van der Waals surface area contributed by atoms with E-state index >= 15 is 0 Å². The zero-order valence-electron chi connectivity index (χ0n) is 10.3. The summed E-state index contributed by atoms with van der Waals surface area (Å²) in [4.78, 5) is 10.7. The van der Waals surface area contributed by atoms with Crippen molar-refractivity contribution in [1.29, 1.82) is 0 Å². The number of rotatable bonds is 5. The molecule has 1 aromatic heterocycles. The first-order chi connectivity index (χ1) is 8.82. The van der Waals surface area contributed by atoms with Crippen molar-refractivity contribution in [2.45, 2.75) is 23.8 Å². The highest BCUT2D eigenvalue weighted by Crippen LogP contribution is 2.30. The summed E-state index contributed by atoms with van der Waals surface area (Å²) >= 11 is 0.896. The minimum Gasteiger partial charge on any atom is -0.477 e. The van der Waals surface area contributed by atoms with E-state index in [0.717, 1.165) is 15.6 Å². The molecule has 1 heterocycles. The SMILES string of the molecule is CN(CC1CC(O)C1)S(=O)(=O)c1ccsc1C(=O)O. The molecule has 19 heavy (non-hydrogen) atoms. The molecule has 8 heteroatoms. The summed E-state index contributed by atoms with van der Waals surface area (Å²) in [6.45, 7) is 0.300. The molecule has 0 spiro atoms. The molecule has 2 N–H and O–H groups in total. The molecule has 2 rings (SSSR count).